The molecule has 3 amide bonds. The zero-order valence-electron chi connectivity index (χ0n) is 16.6. The number of carbonyl (C=O) groups excluding carboxylic acids is 3. The highest BCUT2D eigenvalue weighted by molar-refractivity contribution is 7.98. The van der Waals surface area contributed by atoms with Gasteiger partial charge in [0, 0.05) is 0 Å². The summed E-state index contributed by atoms with van der Waals surface area (Å²) in [5.74, 6) is -2.33. The Morgan fingerprint density at radius 2 is 1.59 bits per heavy atom. The average molecular weight is 405 g/mol. The predicted molar refractivity (Wildman–Crippen MR) is 105 cm³/mol. The second kappa shape index (κ2) is 12.6. The van der Waals surface area contributed by atoms with Crippen molar-refractivity contribution >= 4 is 35.5 Å². The summed E-state index contributed by atoms with van der Waals surface area (Å²) in [5.41, 5.74) is 5.52. The molecule has 0 aliphatic carbocycles. The lowest BCUT2D eigenvalue weighted by Gasteiger charge is -2.24. The zero-order valence-corrected chi connectivity index (χ0v) is 17.4. The molecule has 0 heterocycles. The Morgan fingerprint density at radius 1 is 1.00 bits per heavy atom. The van der Waals surface area contributed by atoms with Crippen LogP contribution in [0.1, 0.15) is 40.5 Å². The molecule has 0 aromatic carbocycles. The monoisotopic (exact) mass is 404 g/mol. The van der Waals surface area contributed by atoms with Gasteiger partial charge in [-0.3, -0.25) is 14.4 Å². The van der Waals surface area contributed by atoms with Gasteiger partial charge in [-0.1, -0.05) is 20.3 Å². The Kier molecular flexibility index (Phi) is 11.7. The third-order valence-corrected chi connectivity index (χ3v) is 4.83. The lowest BCUT2D eigenvalue weighted by molar-refractivity contribution is -0.143. The molecule has 0 saturated heterocycles. The Bertz CT molecular complexity index is 529. The minimum atomic E-state index is -1.13. The quantitative estimate of drug-likeness (QED) is 0.299. The van der Waals surface area contributed by atoms with Gasteiger partial charge in [0.1, 0.15) is 18.1 Å². The fourth-order valence-electron chi connectivity index (χ4n) is 2.15. The average Bonchev–Trinajstić information content (AvgIpc) is 2.61. The van der Waals surface area contributed by atoms with Crippen LogP contribution in [0.3, 0.4) is 0 Å². The summed E-state index contributed by atoms with van der Waals surface area (Å²) < 4.78 is 0. The van der Waals surface area contributed by atoms with Gasteiger partial charge in [0.15, 0.2) is 0 Å². The molecule has 156 valence electrons. The molecular formula is C17H32N4O5S. The van der Waals surface area contributed by atoms with Gasteiger partial charge >= 0.3 is 5.97 Å². The van der Waals surface area contributed by atoms with E-state index in [4.69, 9.17) is 5.73 Å². The molecule has 0 spiro atoms. The van der Waals surface area contributed by atoms with Gasteiger partial charge in [0.05, 0.1) is 6.04 Å². The van der Waals surface area contributed by atoms with E-state index in [0.29, 0.717) is 18.6 Å². The number of rotatable bonds is 12. The second-order valence-electron chi connectivity index (χ2n) is 6.57. The van der Waals surface area contributed by atoms with Crippen molar-refractivity contribution in [2.45, 2.75) is 64.7 Å². The van der Waals surface area contributed by atoms with E-state index in [1.165, 1.54) is 25.6 Å². The Labute approximate surface area is 164 Å². The molecule has 0 rings (SSSR count). The van der Waals surface area contributed by atoms with Crippen molar-refractivity contribution in [1.82, 2.24) is 16.0 Å². The second-order valence-corrected chi connectivity index (χ2v) is 7.56. The van der Waals surface area contributed by atoms with Crippen LogP contribution in [-0.4, -0.2) is 65.0 Å². The van der Waals surface area contributed by atoms with Crippen molar-refractivity contribution in [1.29, 1.82) is 0 Å². The maximum Gasteiger partial charge on any atom is 0.326 e. The number of nitrogens with one attached hydrogen (secondary N) is 3. The van der Waals surface area contributed by atoms with Crippen LogP contribution in [0, 0.1) is 5.92 Å². The van der Waals surface area contributed by atoms with Crippen LogP contribution in [-0.2, 0) is 19.2 Å². The molecule has 0 aliphatic rings. The Balaban J connectivity index is 4.95. The maximum atomic E-state index is 12.5. The van der Waals surface area contributed by atoms with Gasteiger partial charge in [0.25, 0.3) is 0 Å². The van der Waals surface area contributed by atoms with Gasteiger partial charge in [-0.05, 0) is 38.2 Å². The molecule has 0 aromatic rings. The van der Waals surface area contributed by atoms with E-state index >= 15 is 0 Å². The third kappa shape index (κ3) is 9.09. The first-order valence-electron chi connectivity index (χ1n) is 8.93. The van der Waals surface area contributed by atoms with Crippen LogP contribution < -0.4 is 21.7 Å². The first-order valence-corrected chi connectivity index (χ1v) is 10.3. The third-order valence-electron chi connectivity index (χ3n) is 4.19. The van der Waals surface area contributed by atoms with Crippen molar-refractivity contribution in [2.24, 2.45) is 11.7 Å². The summed E-state index contributed by atoms with van der Waals surface area (Å²) >= 11 is 1.52. The molecule has 0 aromatic heterocycles. The lowest BCUT2D eigenvalue weighted by atomic mass is 9.99. The molecule has 5 unspecified atom stereocenters. The number of hydrogen-bond acceptors (Lipinski definition) is 6. The number of aliphatic carboxylic acids is 1. The first kappa shape index (κ1) is 25.2. The topological polar surface area (TPSA) is 151 Å². The van der Waals surface area contributed by atoms with Crippen LogP contribution in [0.5, 0.6) is 0 Å². The van der Waals surface area contributed by atoms with Crippen LogP contribution in [0.25, 0.3) is 0 Å². The smallest absolute Gasteiger partial charge is 0.326 e. The summed E-state index contributed by atoms with van der Waals surface area (Å²) in [6, 6.07) is -3.57. The van der Waals surface area contributed by atoms with Crippen LogP contribution in [0.2, 0.25) is 0 Å². The van der Waals surface area contributed by atoms with Gasteiger partial charge in [-0.25, -0.2) is 4.79 Å². The van der Waals surface area contributed by atoms with Gasteiger partial charge in [-0.15, -0.1) is 0 Å². The Morgan fingerprint density at radius 3 is 2.04 bits per heavy atom. The Hall–Kier alpha value is -1.81. The fraction of sp³-hybridized carbons (Fsp3) is 0.765. The molecule has 0 radical (unpaired) electrons. The lowest BCUT2D eigenvalue weighted by Crippen LogP contribution is -2.56. The number of thioether (sulfide) groups is 1. The number of amides is 3. The van der Waals surface area contributed by atoms with Gasteiger partial charge in [0.2, 0.25) is 17.7 Å². The summed E-state index contributed by atoms with van der Waals surface area (Å²) in [5, 5.41) is 16.8. The van der Waals surface area contributed by atoms with Crippen LogP contribution in [0.15, 0.2) is 0 Å². The molecular weight excluding hydrogens is 372 g/mol. The van der Waals surface area contributed by atoms with E-state index in [1.807, 2.05) is 13.2 Å². The van der Waals surface area contributed by atoms with Crippen LogP contribution >= 0.6 is 11.8 Å². The number of nitrogens with two attached hydrogens (primary N) is 1. The fourth-order valence-corrected chi connectivity index (χ4v) is 2.62. The standard InChI is InChI=1S/C17H32N4O5S/c1-6-9(2)13(17(25)26)21-15(23)11(4)19-16(24)12(7-8-27-5)20-14(22)10(3)18/h9-13H,6-8,18H2,1-5H3,(H,19,24)(H,20,22)(H,21,23)(H,25,26). The SMILES string of the molecule is CCC(C)C(NC(=O)C(C)NC(=O)C(CCSC)NC(=O)C(C)N)C(=O)O. The number of carboxylic acids is 1. The number of hydrogen-bond donors (Lipinski definition) is 5. The summed E-state index contributed by atoms with van der Waals surface area (Å²) in [6.07, 6.45) is 2.84. The number of carbonyl (C=O) groups is 4. The summed E-state index contributed by atoms with van der Waals surface area (Å²) in [6.45, 7) is 6.53. The summed E-state index contributed by atoms with van der Waals surface area (Å²) in [7, 11) is 0. The molecule has 10 heteroatoms. The molecule has 0 fully saturated rings. The molecule has 9 nitrogen and oxygen atoms in total. The maximum absolute atomic E-state index is 12.5. The van der Waals surface area contributed by atoms with Crippen molar-refractivity contribution in [2.75, 3.05) is 12.0 Å². The van der Waals surface area contributed by atoms with Crippen LogP contribution in [0.4, 0.5) is 0 Å². The molecule has 27 heavy (non-hydrogen) atoms. The minimum absolute atomic E-state index is 0.256. The molecule has 5 atom stereocenters. The van der Waals surface area contributed by atoms with E-state index in [0.717, 1.165) is 0 Å². The zero-order chi connectivity index (χ0) is 21.1. The van der Waals surface area contributed by atoms with E-state index in [-0.39, 0.29) is 5.92 Å². The molecule has 0 bridgehead atoms. The molecule has 6 N–H and O–H groups in total. The molecule has 0 aliphatic heterocycles. The van der Waals surface area contributed by atoms with E-state index in [9.17, 15) is 24.3 Å². The van der Waals surface area contributed by atoms with Gasteiger partial charge < -0.3 is 26.8 Å². The van der Waals surface area contributed by atoms with Crippen molar-refractivity contribution in [3.63, 3.8) is 0 Å². The predicted octanol–water partition coefficient (Wildman–Crippen LogP) is -0.308. The van der Waals surface area contributed by atoms with Crippen molar-refractivity contribution in [3.05, 3.63) is 0 Å². The largest absolute Gasteiger partial charge is 0.480 e. The minimum Gasteiger partial charge on any atom is -0.480 e. The van der Waals surface area contributed by atoms with Crippen molar-refractivity contribution < 1.29 is 24.3 Å². The van der Waals surface area contributed by atoms with E-state index < -0.39 is 47.9 Å². The highest BCUT2D eigenvalue weighted by Crippen LogP contribution is 2.08. The first-order chi connectivity index (χ1) is 12.5. The highest BCUT2D eigenvalue weighted by atomic mass is 32.2. The molecule has 0 saturated carbocycles. The summed E-state index contributed by atoms with van der Waals surface area (Å²) in [4.78, 5) is 47.9. The number of carboxylic acid groups (broad SMARTS) is 1. The highest BCUT2D eigenvalue weighted by Gasteiger charge is 2.29. The van der Waals surface area contributed by atoms with Gasteiger partial charge in [-0.2, -0.15) is 11.8 Å². The normalized spacial score (nSPS) is 16.4. The van der Waals surface area contributed by atoms with Crippen molar-refractivity contribution in [3.8, 4) is 0 Å². The van der Waals surface area contributed by atoms with E-state index in [2.05, 4.69) is 16.0 Å². The van der Waals surface area contributed by atoms with E-state index in [1.54, 1.807) is 6.92 Å².